The number of aromatic nitrogens is 4. The highest BCUT2D eigenvalue weighted by Crippen LogP contribution is 2.48. The molecule has 4 heterocycles. The highest BCUT2D eigenvalue weighted by molar-refractivity contribution is 6.21. The largest absolute Gasteiger partial charge is 0.455 e. The summed E-state index contributed by atoms with van der Waals surface area (Å²) in [6.07, 6.45) is 5.06. The van der Waals surface area contributed by atoms with Crippen LogP contribution in [0.2, 0.25) is 0 Å². The molecule has 8 nitrogen and oxygen atoms in total. The predicted molar refractivity (Wildman–Crippen MR) is 254 cm³/mol. The number of furan rings is 1. The van der Waals surface area contributed by atoms with Crippen LogP contribution in [0.15, 0.2) is 196 Å². The second kappa shape index (κ2) is 15.0. The van der Waals surface area contributed by atoms with E-state index in [1.165, 1.54) is 5.56 Å². The van der Waals surface area contributed by atoms with Gasteiger partial charge < -0.3 is 9.73 Å². The van der Waals surface area contributed by atoms with Crippen LogP contribution in [0.5, 0.6) is 0 Å². The predicted octanol–water partition coefficient (Wildman–Crippen LogP) is 12.7. The molecule has 0 fully saturated rings. The molecule has 0 radical (unpaired) electrons. The van der Waals surface area contributed by atoms with Gasteiger partial charge in [0.2, 0.25) is 5.95 Å². The lowest BCUT2D eigenvalue weighted by atomic mass is 9.89. The number of nitrogens with zero attached hydrogens (tertiary/aromatic N) is 6. The molecule has 8 heteroatoms. The molecule has 0 amide bonds. The quantitative estimate of drug-likeness (QED) is 0.173. The van der Waals surface area contributed by atoms with Crippen molar-refractivity contribution >= 4 is 50.6 Å². The Balaban J connectivity index is 1.15. The Morgan fingerprint density at radius 1 is 0.603 bits per heavy atom. The molecule has 300 valence electrons. The number of fused-ring (bicyclic) bond motifs is 7. The summed E-state index contributed by atoms with van der Waals surface area (Å²) in [7, 11) is 0. The Kier molecular flexibility index (Phi) is 8.74. The van der Waals surface area contributed by atoms with Crippen molar-refractivity contribution in [1.29, 1.82) is 0 Å². The first-order chi connectivity index (χ1) is 31.1. The van der Waals surface area contributed by atoms with Crippen LogP contribution in [0.3, 0.4) is 0 Å². The first kappa shape index (κ1) is 36.6. The van der Waals surface area contributed by atoms with E-state index < -0.39 is 0 Å². The van der Waals surface area contributed by atoms with Crippen molar-refractivity contribution in [3.63, 3.8) is 0 Å². The van der Waals surface area contributed by atoms with E-state index in [9.17, 15) is 0 Å². The Morgan fingerprint density at radius 2 is 1.22 bits per heavy atom. The third kappa shape index (κ3) is 6.34. The van der Waals surface area contributed by atoms with Gasteiger partial charge in [-0.3, -0.25) is 4.57 Å². The molecule has 3 aromatic heterocycles. The average molecular weight is 814 g/mol. The molecule has 12 rings (SSSR count). The minimum absolute atomic E-state index is 0.195. The van der Waals surface area contributed by atoms with Gasteiger partial charge in [-0.05, 0) is 53.3 Å². The summed E-state index contributed by atoms with van der Waals surface area (Å²) >= 11 is 0. The Bertz CT molecular complexity index is 3400. The van der Waals surface area contributed by atoms with Gasteiger partial charge in [0.25, 0.3) is 0 Å². The maximum atomic E-state index is 6.90. The average Bonchev–Trinajstić information content (AvgIpc) is 3.91. The molecule has 2 atom stereocenters. The zero-order valence-corrected chi connectivity index (χ0v) is 34.4. The molecule has 0 saturated carbocycles. The Hall–Kier alpha value is -8.23. The molecule has 10 aromatic rings. The van der Waals surface area contributed by atoms with Crippen LogP contribution in [0.4, 0.5) is 0 Å². The summed E-state index contributed by atoms with van der Waals surface area (Å²) in [5.41, 5.74) is 11.7. The third-order valence-electron chi connectivity index (χ3n) is 12.1. The zero-order valence-electron chi connectivity index (χ0n) is 34.4. The van der Waals surface area contributed by atoms with Crippen LogP contribution >= 0.6 is 0 Å². The summed E-state index contributed by atoms with van der Waals surface area (Å²) in [6.45, 7) is 2.30. The summed E-state index contributed by atoms with van der Waals surface area (Å²) in [4.78, 5) is 26.1. The van der Waals surface area contributed by atoms with Crippen LogP contribution in [-0.2, 0) is 0 Å². The molecular weight excluding hydrogens is 775 g/mol. The van der Waals surface area contributed by atoms with Crippen LogP contribution in [0, 0.1) is 0 Å². The van der Waals surface area contributed by atoms with Gasteiger partial charge >= 0.3 is 0 Å². The van der Waals surface area contributed by atoms with Gasteiger partial charge in [0, 0.05) is 44.0 Å². The molecule has 0 saturated heterocycles. The van der Waals surface area contributed by atoms with Crippen LogP contribution in [0.1, 0.15) is 53.4 Å². The summed E-state index contributed by atoms with van der Waals surface area (Å²) in [5.74, 6) is 3.35. The fraction of sp³-hybridized carbons (Fsp3) is 0.0727. The molecule has 0 spiro atoms. The maximum absolute atomic E-state index is 6.90. The van der Waals surface area contributed by atoms with Gasteiger partial charge in [0.1, 0.15) is 23.2 Å². The van der Waals surface area contributed by atoms with Gasteiger partial charge in [-0.1, -0.05) is 171 Å². The first-order valence-corrected chi connectivity index (χ1v) is 21.4. The number of amidine groups is 2. The zero-order chi connectivity index (χ0) is 41.9. The highest BCUT2D eigenvalue weighted by Gasteiger charge is 2.31. The van der Waals surface area contributed by atoms with E-state index in [-0.39, 0.29) is 12.1 Å². The van der Waals surface area contributed by atoms with Gasteiger partial charge in [0.15, 0.2) is 17.5 Å². The lowest BCUT2D eigenvalue weighted by Crippen LogP contribution is -2.33. The molecule has 2 unspecified atom stereocenters. The van der Waals surface area contributed by atoms with Crippen molar-refractivity contribution in [3.05, 3.63) is 210 Å². The molecule has 1 aliphatic carbocycles. The highest BCUT2D eigenvalue weighted by atomic mass is 16.3. The van der Waals surface area contributed by atoms with Crippen molar-refractivity contribution in [2.45, 2.75) is 25.4 Å². The number of para-hydroxylation sites is 1. The lowest BCUT2D eigenvalue weighted by Gasteiger charge is -2.23. The fourth-order valence-corrected chi connectivity index (χ4v) is 9.14. The minimum Gasteiger partial charge on any atom is -0.455 e. The molecule has 1 aliphatic heterocycles. The maximum Gasteiger partial charge on any atom is 0.238 e. The Labute approximate surface area is 363 Å². The summed E-state index contributed by atoms with van der Waals surface area (Å²) in [6, 6.07) is 60.0. The van der Waals surface area contributed by atoms with Gasteiger partial charge in [0.05, 0.1) is 11.2 Å². The van der Waals surface area contributed by atoms with Gasteiger partial charge in [-0.25, -0.2) is 15.0 Å². The van der Waals surface area contributed by atoms with Crippen molar-refractivity contribution < 1.29 is 4.42 Å². The number of allylic oxidation sites excluding steroid dienone is 1. The number of aliphatic imine (C=N–C) groups is 2. The van der Waals surface area contributed by atoms with E-state index in [0.29, 0.717) is 23.4 Å². The van der Waals surface area contributed by atoms with Crippen molar-refractivity contribution in [2.24, 2.45) is 9.98 Å². The number of hydrogen-bond donors (Lipinski definition) is 1. The van der Waals surface area contributed by atoms with E-state index in [1.807, 2.05) is 103 Å². The van der Waals surface area contributed by atoms with Gasteiger partial charge in [-0.2, -0.15) is 9.97 Å². The van der Waals surface area contributed by atoms with Crippen molar-refractivity contribution in [2.75, 3.05) is 0 Å². The normalized spacial score (nSPS) is 15.9. The summed E-state index contributed by atoms with van der Waals surface area (Å²) < 4.78 is 9.14. The molecule has 63 heavy (non-hydrogen) atoms. The number of hydrogen-bond acceptors (Lipinski definition) is 7. The van der Waals surface area contributed by atoms with Crippen molar-refractivity contribution in [3.8, 4) is 39.9 Å². The van der Waals surface area contributed by atoms with E-state index in [4.69, 9.17) is 29.4 Å². The minimum atomic E-state index is -0.323. The smallest absolute Gasteiger partial charge is 0.238 e. The molecule has 1 N–H and O–H groups in total. The monoisotopic (exact) mass is 813 g/mol. The van der Waals surface area contributed by atoms with Crippen LogP contribution in [0.25, 0.3) is 78.8 Å². The third-order valence-corrected chi connectivity index (χ3v) is 12.1. The topological polar surface area (TPSA) is 93.5 Å². The second-order valence-corrected chi connectivity index (χ2v) is 16.1. The molecule has 2 aliphatic rings. The Morgan fingerprint density at radius 3 is 1.94 bits per heavy atom. The van der Waals surface area contributed by atoms with Crippen molar-refractivity contribution in [1.82, 2.24) is 24.8 Å². The fourth-order valence-electron chi connectivity index (χ4n) is 9.14. The number of rotatable bonds is 7. The SMILES string of the molecule is CC1CC=Cc2c1c1c3oc4ccccc4c3cc(-c3cccc(C4=NC(c5ccccc5)NC(c5ccccc5)=N4)c3)c1n2-c1nc(-c2ccccc2)nc(-c2ccccc2)n1. The molecule has 0 bridgehead atoms. The second-order valence-electron chi connectivity index (χ2n) is 16.1. The van der Waals surface area contributed by atoms with E-state index in [0.717, 1.165) is 89.7 Å². The van der Waals surface area contributed by atoms with Gasteiger partial charge in [-0.15, -0.1) is 0 Å². The van der Waals surface area contributed by atoms with E-state index in [2.05, 4.69) is 102 Å². The molecular formula is C55H39N7O. The summed E-state index contributed by atoms with van der Waals surface area (Å²) in [5, 5.41) is 6.79. The van der Waals surface area contributed by atoms with Crippen LogP contribution in [-0.4, -0.2) is 31.2 Å². The first-order valence-electron chi connectivity index (χ1n) is 21.4. The van der Waals surface area contributed by atoms with E-state index >= 15 is 0 Å². The lowest BCUT2D eigenvalue weighted by molar-refractivity contribution is 0.671. The van der Waals surface area contributed by atoms with E-state index in [1.54, 1.807) is 0 Å². The standard InChI is InChI=1S/C55H39N7O/c1-34-18-16-30-44-46(34)47-48(62(44)55-60-52(37-23-10-4-11-24-37)59-53(61-55)38-25-12-5-13-26-38)42(33-43-41-29-14-15-31-45(41)63-49(43)47)39-27-17-28-40(32-39)54-57-50(35-19-6-2-7-20-35)56-51(58-54)36-21-8-3-9-22-36/h2-17,19-34,50H,18H2,1H3,(H,56,57,58). The number of nitrogens with one attached hydrogen (secondary N) is 1. The molecule has 7 aromatic carbocycles. The number of benzene rings is 7. The van der Waals surface area contributed by atoms with Crippen LogP contribution < -0.4 is 5.32 Å².